The molecule has 2 aromatic rings. The summed E-state index contributed by atoms with van der Waals surface area (Å²) in [5, 5.41) is 7.24. The normalized spacial score (nSPS) is 12.9. The van der Waals surface area contributed by atoms with Gasteiger partial charge in [-0.1, -0.05) is 5.16 Å². The van der Waals surface area contributed by atoms with Gasteiger partial charge < -0.3 is 19.3 Å². The molecular weight excluding hydrogens is 312 g/mol. The summed E-state index contributed by atoms with van der Waals surface area (Å²) in [6.45, 7) is 3.55. The monoisotopic (exact) mass is 324 g/mol. The third-order valence-corrected chi connectivity index (χ3v) is 3.39. The first-order valence-electron chi connectivity index (χ1n) is 5.93. The highest BCUT2D eigenvalue weighted by molar-refractivity contribution is 9.10. The highest BCUT2D eigenvalue weighted by Crippen LogP contribution is 2.39. The highest BCUT2D eigenvalue weighted by atomic mass is 79.9. The van der Waals surface area contributed by atoms with Gasteiger partial charge in [-0.25, -0.2) is 0 Å². The molecule has 5 nitrogen and oxygen atoms in total. The molecule has 0 radical (unpaired) electrons. The number of nitrogens with zero attached hydrogens (tertiary/aromatic N) is 1. The van der Waals surface area contributed by atoms with E-state index < -0.39 is 0 Å². The van der Waals surface area contributed by atoms with Gasteiger partial charge in [-0.15, -0.1) is 0 Å². The summed E-state index contributed by atoms with van der Waals surface area (Å²) >= 11 is 3.48. The van der Waals surface area contributed by atoms with Crippen molar-refractivity contribution in [3.05, 3.63) is 39.7 Å². The van der Waals surface area contributed by atoms with E-state index in [1.165, 1.54) is 0 Å². The van der Waals surface area contributed by atoms with Crippen LogP contribution >= 0.6 is 15.9 Å². The minimum atomic E-state index is 0.281. The van der Waals surface area contributed by atoms with Gasteiger partial charge in [-0.05, 0) is 40.5 Å². The number of rotatable bonds is 4. The van der Waals surface area contributed by atoms with Gasteiger partial charge in [0.05, 0.1) is 10.2 Å². The lowest BCUT2D eigenvalue weighted by Crippen LogP contribution is -2.12. The lowest BCUT2D eigenvalue weighted by Gasteiger charge is -2.06. The molecule has 1 N–H and O–H groups in total. The van der Waals surface area contributed by atoms with Crippen molar-refractivity contribution in [2.75, 3.05) is 6.79 Å². The molecule has 1 aliphatic heterocycles. The van der Waals surface area contributed by atoms with Crippen LogP contribution in [-0.2, 0) is 13.1 Å². The van der Waals surface area contributed by atoms with Crippen LogP contribution in [0.15, 0.2) is 27.2 Å². The summed E-state index contributed by atoms with van der Waals surface area (Å²) in [5.74, 6) is 2.38. The van der Waals surface area contributed by atoms with E-state index in [4.69, 9.17) is 14.0 Å². The molecule has 0 saturated heterocycles. The Labute approximate surface area is 119 Å². The fourth-order valence-corrected chi connectivity index (χ4v) is 2.56. The molecule has 0 saturated carbocycles. The first-order chi connectivity index (χ1) is 9.22. The molecule has 0 amide bonds. The Bertz CT molecular complexity index is 598. The van der Waals surface area contributed by atoms with Crippen LogP contribution in [0.2, 0.25) is 0 Å². The zero-order valence-corrected chi connectivity index (χ0v) is 12.0. The van der Waals surface area contributed by atoms with Crippen molar-refractivity contribution in [2.45, 2.75) is 20.0 Å². The maximum atomic E-state index is 5.38. The second-order valence-electron chi connectivity index (χ2n) is 4.34. The van der Waals surface area contributed by atoms with Crippen molar-refractivity contribution >= 4 is 15.9 Å². The molecule has 0 spiro atoms. The van der Waals surface area contributed by atoms with Crippen LogP contribution < -0.4 is 14.8 Å². The predicted molar refractivity (Wildman–Crippen MR) is 72.0 cm³/mol. The molecule has 1 aliphatic rings. The van der Waals surface area contributed by atoms with Crippen LogP contribution in [0.3, 0.4) is 0 Å². The Balaban J connectivity index is 1.63. The van der Waals surface area contributed by atoms with E-state index in [1.807, 2.05) is 25.1 Å². The minimum absolute atomic E-state index is 0.281. The third kappa shape index (κ3) is 2.74. The molecular formula is C13H13BrN2O3. The molecule has 0 bridgehead atoms. The van der Waals surface area contributed by atoms with E-state index in [9.17, 15) is 0 Å². The topological polar surface area (TPSA) is 56.5 Å². The maximum Gasteiger partial charge on any atom is 0.231 e. The largest absolute Gasteiger partial charge is 0.454 e. The number of fused-ring (bicyclic) bond motifs is 1. The smallest absolute Gasteiger partial charge is 0.231 e. The van der Waals surface area contributed by atoms with Crippen molar-refractivity contribution in [3.63, 3.8) is 0 Å². The zero-order chi connectivity index (χ0) is 13.2. The Morgan fingerprint density at radius 3 is 2.95 bits per heavy atom. The standard InChI is InChI=1S/C13H13BrN2O3/c1-8-2-10(16-19-8)6-15-5-9-3-11(14)13-12(4-9)17-7-18-13/h2-4,15H,5-7H2,1H3. The summed E-state index contributed by atoms with van der Waals surface area (Å²) in [4.78, 5) is 0. The molecule has 0 fully saturated rings. The van der Waals surface area contributed by atoms with Crippen molar-refractivity contribution in [1.29, 1.82) is 0 Å². The fraction of sp³-hybridized carbons (Fsp3) is 0.308. The number of ether oxygens (including phenoxy) is 2. The molecule has 100 valence electrons. The van der Waals surface area contributed by atoms with Crippen LogP contribution in [0.5, 0.6) is 11.5 Å². The lowest BCUT2D eigenvalue weighted by atomic mass is 10.2. The van der Waals surface area contributed by atoms with Crippen LogP contribution in [0.25, 0.3) is 0 Å². The van der Waals surface area contributed by atoms with Crippen LogP contribution in [0.4, 0.5) is 0 Å². The molecule has 0 atom stereocenters. The first-order valence-corrected chi connectivity index (χ1v) is 6.72. The Kier molecular flexibility index (Phi) is 3.44. The molecule has 19 heavy (non-hydrogen) atoms. The van der Waals surface area contributed by atoms with Gasteiger partial charge in [-0.2, -0.15) is 0 Å². The van der Waals surface area contributed by atoms with Gasteiger partial charge in [0.2, 0.25) is 6.79 Å². The average molecular weight is 325 g/mol. The molecule has 1 aromatic carbocycles. The molecule has 0 aliphatic carbocycles. The number of benzene rings is 1. The highest BCUT2D eigenvalue weighted by Gasteiger charge is 2.17. The van der Waals surface area contributed by atoms with Crippen molar-refractivity contribution in [3.8, 4) is 11.5 Å². The SMILES string of the molecule is Cc1cc(CNCc2cc(Br)c3c(c2)OCO3)no1. The number of halogens is 1. The quantitative estimate of drug-likeness (QED) is 0.937. The Hall–Kier alpha value is -1.53. The van der Waals surface area contributed by atoms with Crippen molar-refractivity contribution in [1.82, 2.24) is 10.5 Å². The van der Waals surface area contributed by atoms with Crippen LogP contribution in [0, 0.1) is 6.92 Å². The van der Waals surface area contributed by atoms with Crippen molar-refractivity contribution in [2.24, 2.45) is 0 Å². The summed E-state index contributed by atoms with van der Waals surface area (Å²) < 4.78 is 16.7. The van der Waals surface area contributed by atoms with Gasteiger partial charge in [0.1, 0.15) is 5.76 Å². The molecule has 2 heterocycles. The van der Waals surface area contributed by atoms with Gasteiger partial charge in [0.15, 0.2) is 11.5 Å². The molecule has 3 rings (SSSR count). The molecule has 0 unspecified atom stereocenters. The number of aryl methyl sites for hydroxylation is 1. The summed E-state index contributed by atoms with van der Waals surface area (Å²) in [6.07, 6.45) is 0. The second-order valence-corrected chi connectivity index (χ2v) is 5.20. The number of hydrogen-bond donors (Lipinski definition) is 1. The number of nitrogens with one attached hydrogen (secondary N) is 1. The Morgan fingerprint density at radius 1 is 1.26 bits per heavy atom. The van der Waals surface area contributed by atoms with E-state index in [0.717, 1.165) is 39.5 Å². The number of hydrogen-bond acceptors (Lipinski definition) is 5. The van der Waals surface area contributed by atoms with Gasteiger partial charge in [0.25, 0.3) is 0 Å². The van der Waals surface area contributed by atoms with E-state index in [-0.39, 0.29) is 6.79 Å². The third-order valence-electron chi connectivity index (χ3n) is 2.80. The number of aromatic nitrogens is 1. The summed E-state index contributed by atoms with van der Waals surface area (Å²) in [6, 6.07) is 5.92. The van der Waals surface area contributed by atoms with Gasteiger partial charge in [0, 0.05) is 19.2 Å². The Morgan fingerprint density at radius 2 is 2.16 bits per heavy atom. The summed E-state index contributed by atoms with van der Waals surface area (Å²) in [7, 11) is 0. The molecule has 6 heteroatoms. The lowest BCUT2D eigenvalue weighted by molar-refractivity contribution is 0.173. The predicted octanol–water partition coefficient (Wildman–Crippen LogP) is 2.76. The fourth-order valence-electron chi connectivity index (χ4n) is 1.96. The summed E-state index contributed by atoms with van der Waals surface area (Å²) in [5.41, 5.74) is 2.02. The van der Waals surface area contributed by atoms with E-state index in [0.29, 0.717) is 6.54 Å². The van der Waals surface area contributed by atoms with Crippen molar-refractivity contribution < 1.29 is 14.0 Å². The van der Waals surface area contributed by atoms with E-state index >= 15 is 0 Å². The van der Waals surface area contributed by atoms with Crippen LogP contribution in [-0.4, -0.2) is 11.9 Å². The minimum Gasteiger partial charge on any atom is -0.454 e. The maximum absolute atomic E-state index is 5.38. The van der Waals surface area contributed by atoms with Crippen LogP contribution in [0.1, 0.15) is 17.0 Å². The average Bonchev–Trinajstić information content (AvgIpc) is 2.98. The van der Waals surface area contributed by atoms with E-state index in [2.05, 4.69) is 26.4 Å². The zero-order valence-electron chi connectivity index (χ0n) is 10.4. The van der Waals surface area contributed by atoms with E-state index in [1.54, 1.807) is 0 Å². The molecule has 1 aromatic heterocycles. The van der Waals surface area contributed by atoms with Gasteiger partial charge in [-0.3, -0.25) is 0 Å². The first kappa shape index (κ1) is 12.5. The second kappa shape index (κ2) is 5.22. The van der Waals surface area contributed by atoms with Gasteiger partial charge >= 0.3 is 0 Å².